The highest BCUT2D eigenvalue weighted by molar-refractivity contribution is 6.69. The van der Waals surface area contributed by atoms with E-state index in [4.69, 9.17) is 4.53 Å². The minimum atomic E-state index is -1.66. The Morgan fingerprint density at radius 1 is 0.900 bits per heavy atom. The van der Waals surface area contributed by atoms with Gasteiger partial charge in [-0.05, 0) is 30.8 Å². The average molecular weight is 283 g/mol. The van der Waals surface area contributed by atoms with Crippen molar-refractivity contribution in [2.45, 2.75) is 26.1 Å². The maximum Gasteiger partial charge on any atom is 0.278 e. The molecule has 2 rings (SSSR count). The van der Waals surface area contributed by atoms with Crippen molar-refractivity contribution in [1.82, 2.24) is 0 Å². The molecule has 0 aliphatic rings. The topological polar surface area (TPSA) is 21.6 Å². The maximum absolute atomic E-state index is 5.74. The van der Waals surface area contributed by atoms with Gasteiger partial charge in [-0.15, -0.1) is 5.16 Å². The van der Waals surface area contributed by atoms with Crippen molar-refractivity contribution in [3.63, 3.8) is 0 Å². The molecule has 104 valence electrons. The van der Waals surface area contributed by atoms with Gasteiger partial charge < -0.3 is 4.53 Å². The van der Waals surface area contributed by atoms with Gasteiger partial charge in [-0.3, -0.25) is 0 Å². The predicted octanol–water partition coefficient (Wildman–Crippen LogP) is 4.48. The van der Waals surface area contributed by atoms with Gasteiger partial charge in [0.25, 0.3) is 8.32 Å². The summed E-state index contributed by atoms with van der Waals surface area (Å²) in [6, 6.07) is 20.6. The van der Waals surface area contributed by atoms with Gasteiger partial charge in [0, 0.05) is 6.42 Å². The molecular weight excluding hydrogens is 262 g/mol. The number of benzene rings is 2. The van der Waals surface area contributed by atoms with Gasteiger partial charge in [0.05, 0.1) is 5.71 Å². The van der Waals surface area contributed by atoms with Crippen LogP contribution in [0.2, 0.25) is 19.6 Å². The molecule has 0 radical (unpaired) electrons. The molecule has 0 saturated heterocycles. The Morgan fingerprint density at radius 3 is 2.00 bits per heavy atom. The van der Waals surface area contributed by atoms with E-state index >= 15 is 0 Å². The fourth-order valence-electron chi connectivity index (χ4n) is 1.80. The molecule has 2 aromatic carbocycles. The van der Waals surface area contributed by atoms with Gasteiger partial charge in [0.2, 0.25) is 0 Å². The van der Waals surface area contributed by atoms with Gasteiger partial charge in [0.15, 0.2) is 0 Å². The lowest BCUT2D eigenvalue weighted by molar-refractivity contribution is 0.334. The molecule has 0 N–H and O–H groups in total. The molecule has 0 aliphatic carbocycles. The van der Waals surface area contributed by atoms with E-state index in [1.165, 1.54) is 5.56 Å². The Bertz CT molecular complexity index is 559. The lowest BCUT2D eigenvalue weighted by atomic mass is 10.0. The van der Waals surface area contributed by atoms with Crippen LogP contribution in [0.15, 0.2) is 65.8 Å². The zero-order chi connectivity index (χ0) is 14.4. The molecule has 0 spiro atoms. The molecule has 0 bridgehead atoms. The molecule has 2 nitrogen and oxygen atoms in total. The maximum atomic E-state index is 5.74. The first kappa shape index (κ1) is 14.5. The quantitative estimate of drug-likeness (QED) is 0.450. The third-order valence-corrected chi connectivity index (χ3v) is 3.39. The van der Waals surface area contributed by atoms with Crippen molar-refractivity contribution in [3.8, 4) is 0 Å². The van der Waals surface area contributed by atoms with Crippen LogP contribution in [0.1, 0.15) is 11.1 Å². The molecule has 20 heavy (non-hydrogen) atoms. The van der Waals surface area contributed by atoms with Crippen LogP contribution in [0, 0.1) is 0 Å². The van der Waals surface area contributed by atoms with Crippen LogP contribution in [-0.4, -0.2) is 14.0 Å². The largest absolute Gasteiger partial charge is 0.455 e. The summed E-state index contributed by atoms with van der Waals surface area (Å²) in [5.74, 6) is 0. The van der Waals surface area contributed by atoms with E-state index in [0.717, 1.165) is 17.7 Å². The summed E-state index contributed by atoms with van der Waals surface area (Å²) >= 11 is 0. The number of hydrogen-bond donors (Lipinski definition) is 0. The smallest absolute Gasteiger partial charge is 0.278 e. The van der Waals surface area contributed by atoms with E-state index < -0.39 is 8.32 Å². The summed E-state index contributed by atoms with van der Waals surface area (Å²) in [7, 11) is -1.66. The van der Waals surface area contributed by atoms with Gasteiger partial charge >= 0.3 is 0 Å². The van der Waals surface area contributed by atoms with E-state index in [9.17, 15) is 0 Å². The van der Waals surface area contributed by atoms with Crippen LogP contribution in [-0.2, 0) is 10.9 Å². The first-order valence-corrected chi connectivity index (χ1v) is 10.3. The highest BCUT2D eigenvalue weighted by atomic mass is 28.4. The first-order valence-electron chi connectivity index (χ1n) is 6.89. The number of hydrogen-bond acceptors (Lipinski definition) is 2. The lowest BCUT2D eigenvalue weighted by Crippen LogP contribution is -2.23. The van der Waals surface area contributed by atoms with E-state index in [1.807, 2.05) is 24.3 Å². The molecule has 3 heteroatoms. The predicted molar refractivity (Wildman–Crippen MR) is 87.6 cm³/mol. The summed E-state index contributed by atoms with van der Waals surface area (Å²) in [6.45, 7) is 6.42. The fraction of sp³-hybridized carbons (Fsp3) is 0.235. The van der Waals surface area contributed by atoms with Gasteiger partial charge in [-0.25, -0.2) is 0 Å². The Labute approximate surface area is 122 Å². The van der Waals surface area contributed by atoms with Crippen molar-refractivity contribution in [2.75, 3.05) is 0 Å². The second-order valence-corrected chi connectivity index (χ2v) is 10.2. The molecule has 0 fully saturated rings. The summed E-state index contributed by atoms with van der Waals surface area (Å²) in [4.78, 5) is 0. The first-order chi connectivity index (χ1) is 9.54. The lowest BCUT2D eigenvalue weighted by Gasteiger charge is -2.15. The van der Waals surface area contributed by atoms with Crippen molar-refractivity contribution in [2.24, 2.45) is 5.16 Å². The minimum Gasteiger partial charge on any atom is -0.455 e. The summed E-state index contributed by atoms with van der Waals surface area (Å²) in [5, 5.41) is 4.44. The molecule has 0 amide bonds. The van der Waals surface area contributed by atoms with Crippen LogP contribution in [0.3, 0.4) is 0 Å². The molecular formula is C17H21NOSi. The second-order valence-electron chi connectivity index (χ2n) is 5.77. The van der Waals surface area contributed by atoms with E-state index in [2.05, 4.69) is 61.2 Å². The normalized spacial score (nSPS) is 12.2. The number of rotatable bonds is 5. The second kappa shape index (κ2) is 6.53. The zero-order valence-corrected chi connectivity index (χ0v) is 13.3. The van der Waals surface area contributed by atoms with E-state index in [1.54, 1.807) is 0 Å². The van der Waals surface area contributed by atoms with Crippen LogP contribution in [0.5, 0.6) is 0 Å². The molecule has 0 heterocycles. The highest BCUT2D eigenvalue weighted by Crippen LogP contribution is 2.11. The van der Waals surface area contributed by atoms with Crippen LogP contribution in [0.25, 0.3) is 0 Å². The Hall–Kier alpha value is -1.87. The Balaban J connectivity index is 2.25. The standard InChI is InChI=1S/C17H21NOSi/c1-20(2,3)19-18-17(16-12-8-5-9-13-16)14-15-10-6-4-7-11-15/h4-13H,14H2,1-3H3/b18-17-. The third-order valence-electron chi connectivity index (χ3n) is 2.75. The fourth-order valence-corrected chi connectivity index (χ4v) is 2.18. The van der Waals surface area contributed by atoms with Crippen molar-refractivity contribution < 1.29 is 4.53 Å². The molecule has 0 saturated carbocycles. The molecule has 0 aromatic heterocycles. The van der Waals surface area contributed by atoms with Crippen molar-refractivity contribution in [3.05, 3.63) is 71.8 Å². The Kier molecular flexibility index (Phi) is 4.74. The van der Waals surface area contributed by atoms with Gasteiger partial charge in [-0.1, -0.05) is 60.7 Å². The molecule has 0 atom stereocenters. The van der Waals surface area contributed by atoms with E-state index in [0.29, 0.717) is 0 Å². The number of nitrogens with zero attached hydrogens (tertiary/aromatic N) is 1. The summed E-state index contributed by atoms with van der Waals surface area (Å²) in [5.41, 5.74) is 3.35. The Morgan fingerprint density at radius 2 is 1.45 bits per heavy atom. The minimum absolute atomic E-state index is 0.787. The van der Waals surface area contributed by atoms with Crippen molar-refractivity contribution in [1.29, 1.82) is 0 Å². The van der Waals surface area contributed by atoms with Crippen molar-refractivity contribution >= 4 is 14.0 Å². The average Bonchev–Trinajstić information content (AvgIpc) is 2.44. The van der Waals surface area contributed by atoms with Gasteiger partial charge in [0.1, 0.15) is 0 Å². The van der Waals surface area contributed by atoms with E-state index in [-0.39, 0.29) is 0 Å². The number of oxime groups is 1. The third kappa shape index (κ3) is 4.66. The van der Waals surface area contributed by atoms with Crippen LogP contribution in [0.4, 0.5) is 0 Å². The summed E-state index contributed by atoms with van der Waals surface area (Å²) in [6.07, 6.45) is 0.787. The zero-order valence-electron chi connectivity index (χ0n) is 12.3. The monoisotopic (exact) mass is 283 g/mol. The van der Waals surface area contributed by atoms with Crippen LogP contribution >= 0.6 is 0 Å². The van der Waals surface area contributed by atoms with Crippen LogP contribution < -0.4 is 0 Å². The van der Waals surface area contributed by atoms with Gasteiger partial charge in [-0.2, -0.15) is 0 Å². The molecule has 2 aromatic rings. The summed E-state index contributed by atoms with van der Waals surface area (Å²) < 4.78 is 5.74. The SMILES string of the molecule is C[Si](C)(C)O/N=C(/Cc1ccccc1)c1ccccc1. The molecule has 0 unspecified atom stereocenters. The molecule has 0 aliphatic heterocycles. The highest BCUT2D eigenvalue weighted by Gasteiger charge is 2.17.